The molecule has 3 N–H and O–H groups in total. The SMILES string of the molecule is CCCC(C)c1nc(S(N)(=O)=O)n[nH]1. The molecule has 6 nitrogen and oxygen atoms in total. The van der Waals surface area contributed by atoms with Crippen molar-refractivity contribution in [3.05, 3.63) is 5.82 Å². The third-order valence-electron chi connectivity index (χ3n) is 1.93. The van der Waals surface area contributed by atoms with Crippen LogP contribution in [0.4, 0.5) is 0 Å². The van der Waals surface area contributed by atoms with E-state index in [-0.39, 0.29) is 11.1 Å². The normalized spacial score (nSPS) is 14.2. The van der Waals surface area contributed by atoms with E-state index in [9.17, 15) is 8.42 Å². The monoisotopic (exact) mass is 218 g/mol. The number of nitrogens with one attached hydrogen (secondary N) is 1. The van der Waals surface area contributed by atoms with E-state index in [2.05, 4.69) is 15.2 Å². The fraction of sp³-hybridized carbons (Fsp3) is 0.714. The first kappa shape index (κ1) is 11.1. The van der Waals surface area contributed by atoms with E-state index in [0.29, 0.717) is 5.82 Å². The van der Waals surface area contributed by atoms with Crippen LogP contribution in [0.5, 0.6) is 0 Å². The average molecular weight is 218 g/mol. The summed E-state index contributed by atoms with van der Waals surface area (Å²) in [5, 5.41) is 10.7. The van der Waals surface area contributed by atoms with E-state index in [4.69, 9.17) is 5.14 Å². The first-order valence-corrected chi connectivity index (χ1v) is 5.95. The van der Waals surface area contributed by atoms with E-state index in [1.807, 2.05) is 13.8 Å². The summed E-state index contributed by atoms with van der Waals surface area (Å²) < 4.78 is 21.7. The highest BCUT2D eigenvalue weighted by molar-refractivity contribution is 7.89. The first-order valence-electron chi connectivity index (χ1n) is 4.40. The van der Waals surface area contributed by atoms with Gasteiger partial charge in [0.15, 0.2) is 0 Å². The number of primary sulfonamides is 1. The maximum atomic E-state index is 10.9. The van der Waals surface area contributed by atoms with Gasteiger partial charge in [0, 0.05) is 5.92 Å². The second kappa shape index (κ2) is 4.05. The summed E-state index contributed by atoms with van der Waals surface area (Å²) >= 11 is 0. The number of sulfonamides is 1. The number of rotatable bonds is 4. The second-order valence-electron chi connectivity index (χ2n) is 3.24. The lowest BCUT2D eigenvalue weighted by molar-refractivity contribution is 0.588. The smallest absolute Gasteiger partial charge is 0.262 e. The lowest BCUT2D eigenvalue weighted by Crippen LogP contribution is -2.14. The van der Waals surface area contributed by atoms with Crippen LogP contribution >= 0.6 is 0 Å². The summed E-state index contributed by atoms with van der Waals surface area (Å²) in [6.07, 6.45) is 1.94. The zero-order chi connectivity index (χ0) is 10.8. The maximum Gasteiger partial charge on any atom is 0.282 e. The van der Waals surface area contributed by atoms with E-state index >= 15 is 0 Å². The molecule has 1 rings (SSSR count). The molecule has 0 fully saturated rings. The zero-order valence-corrected chi connectivity index (χ0v) is 9.00. The Kier molecular flexibility index (Phi) is 3.22. The molecular formula is C7H14N4O2S. The molecule has 0 aliphatic heterocycles. The van der Waals surface area contributed by atoms with E-state index in [1.54, 1.807) is 0 Å². The van der Waals surface area contributed by atoms with Crippen molar-refractivity contribution >= 4 is 10.0 Å². The molecule has 0 saturated carbocycles. The molecule has 0 amide bonds. The van der Waals surface area contributed by atoms with Crippen LogP contribution in [0.15, 0.2) is 5.16 Å². The Labute approximate surface area is 83.0 Å². The fourth-order valence-corrected chi connectivity index (χ4v) is 1.57. The highest BCUT2D eigenvalue weighted by atomic mass is 32.2. The molecule has 1 unspecified atom stereocenters. The molecule has 0 aromatic carbocycles. The number of nitrogens with two attached hydrogens (primary N) is 1. The fourth-order valence-electron chi connectivity index (χ4n) is 1.18. The Morgan fingerprint density at radius 1 is 1.57 bits per heavy atom. The van der Waals surface area contributed by atoms with Gasteiger partial charge in [0.25, 0.3) is 15.2 Å². The molecule has 1 heterocycles. The molecule has 0 saturated heterocycles. The standard InChI is InChI=1S/C7H14N4O2S/c1-3-4-5(2)6-9-7(11-10-6)14(8,12)13/h5H,3-4H2,1-2H3,(H2,8,12,13)(H,9,10,11). The molecule has 1 aromatic rings. The number of H-pyrrole nitrogens is 1. The van der Waals surface area contributed by atoms with Crippen molar-refractivity contribution in [2.24, 2.45) is 5.14 Å². The molecule has 1 atom stereocenters. The van der Waals surface area contributed by atoms with Crippen molar-refractivity contribution in [1.82, 2.24) is 15.2 Å². The minimum Gasteiger partial charge on any atom is -0.262 e. The Balaban J connectivity index is 2.88. The summed E-state index contributed by atoms with van der Waals surface area (Å²) in [4.78, 5) is 3.82. The molecular weight excluding hydrogens is 204 g/mol. The van der Waals surface area contributed by atoms with Gasteiger partial charge in [0.1, 0.15) is 5.82 Å². The van der Waals surface area contributed by atoms with E-state index in [1.165, 1.54) is 0 Å². The second-order valence-corrected chi connectivity index (χ2v) is 4.69. The number of hydrogen-bond acceptors (Lipinski definition) is 4. The Bertz CT molecular complexity index is 398. The van der Waals surface area contributed by atoms with Gasteiger partial charge in [-0.2, -0.15) is 0 Å². The van der Waals surface area contributed by atoms with Crippen molar-refractivity contribution in [2.75, 3.05) is 0 Å². The summed E-state index contributed by atoms with van der Waals surface area (Å²) in [5.41, 5.74) is 0. The van der Waals surface area contributed by atoms with Crippen LogP contribution in [-0.2, 0) is 10.0 Å². The summed E-state index contributed by atoms with van der Waals surface area (Å²) in [6, 6.07) is 0. The van der Waals surface area contributed by atoms with Crippen LogP contribution in [0, 0.1) is 0 Å². The minimum absolute atomic E-state index is 0.169. The lowest BCUT2D eigenvalue weighted by Gasteiger charge is -2.03. The van der Waals surface area contributed by atoms with Crippen LogP contribution in [0.3, 0.4) is 0 Å². The Morgan fingerprint density at radius 2 is 2.21 bits per heavy atom. The average Bonchev–Trinajstić information content (AvgIpc) is 2.51. The number of hydrogen-bond donors (Lipinski definition) is 2. The van der Waals surface area contributed by atoms with Gasteiger partial charge in [-0.05, 0) is 6.42 Å². The third-order valence-corrected chi connectivity index (χ3v) is 2.62. The molecule has 7 heteroatoms. The molecule has 0 radical (unpaired) electrons. The number of aromatic amines is 1. The van der Waals surface area contributed by atoms with E-state index in [0.717, 1.165) is 12.8 Å². The molecule has 14 heavy (non-hydrogen) atoms. The number of nitrogens with zero attached hydrogens (tertiary/aromatic N) is 2. The zero-order valence-electron chi connectivity index (χ0n) is 8.19. The topological polar surface area (TPSA) is 102 Å². The van der Waals surface area contributed by atoms with Crippen molar-refractivity contribution in [3.8, 4) is 0 Å². The van der Waals surface area contributed by atoms with Gasteiger partial charge in [0.2, 0.25) is 0 Å². The van der Waals surface area contributed by atoms with E-state index < -0.39 is 10.0 Å². The Morgan fingerprint density at radius 3 is 2.64 bits per heavy atom. The molecule has 0 aliphatic carbocycles. The molecule has 0 aliphatic rings. The number of aromatic nitrogens is 3. The highest BCUT2D eigenvalue weighted by Gasteiger charge is 2.17. The molecule has 0 spiro atoms. The van der Waals surface area contributed by atoms with Crippen molar-refractivity contribution in [3.63, 3.8) is 0 Å². The van der Waals surface area contributed by atoms with Crippen LogP contribution in [-0.4, -0.2) is 23.6 Å². The minimum atomic E-state index is -3.78. The van der Waals surface area contributed by atoms with Gasteiger partial charge in [0.05, 0.1) is 0 Å². The van der Waals surface area contributed by atoms with Gasteiger partial charge in [-0.25, -0.2) is 18.5 Å². The largest absolute Gasteiger partial charge is 0.282 e. The van der Waals surface area contributed by atoms with Gasteiger partial charge < -0.3 is 0 Å². The van der Waals surface area contributed by atoms with Crippen molar-refractivity contribution in [2.45, 2.75) is 37.8 Å². The van der Waals surface area contributed by atoms with Crippen LogP contribution in [0.1, 0.15) is 38.4 Å². The van der Waals surface area contributed by atoms with Crippen molar-refractivity contribution < 1.29 is 8.42 Å². The summed E-state index contributed by atoms with van der Waals surface area (Å²) in [5.74, 6) is 0.735. The first-order chi connectivity index (χ1) is 6.45. The summed E-state index contributed by atoms with van der Waals surface area (Å²) in [6.45, 7) is 4.00. The maximum absolute atomic E-state index is 10.9. The van der Waals surface area contributed by atoms with Gasteiger partial charge in [-0.3, -0.25) is 5.10 Å². The Hall–Kier alpha value is -0.950. The van der Waals surface area contributed by atoms with Gasteiger partial charge in [-0.1, -0.05) is 20.3 Å². The summed E-state index contributed by atoms with van der Waals surface area (Å²) in [7, 11) is -3.78. The van der Waals surface area contributed by atoms with Crippen LogP contribution < -0.4 is 5.14 Å². The van der Waals surface area contributed by atoms with Crippen molar-refractivity contribution in [1.29, 1.82) is 0 Å². The van der Waals surface area contributed by atoms with Crippen LogP contribution in [0.25, 0.3) is 0 Å². The quantitative estimate of drug-likeness (QED) is 0.761. The third kappa shape index (κ3) is 2.52. The molecule has 80 valence electrons. The van der Waals surface area contributed by atoms with Gasteiger partial charge >= 0.3 is 0 Å². The predicted octanol–water partition coefficient (Wildman–Crippen LogP) is 0.356. The van der Waals surface area contributed by atoms with Gasteiger partial charge in [-0.15, -0.1) is 5.10 Å². The molecule has 0 bridgehead atoms. The molecule has 1 aromatic heterocycles. The predicted molar refractivity (Wildman–Crippen MR) is 51.1 cm³/mol. The lowest BCUT2D eigenvalue weighted by atomic mass is 10.1. The van der Waals surface area contributed by atoms with Crippen LogP contribution in [0.2, 0.25) is 0 Å². The highest BCUT2D eigenvalue weighted by Crippen LogP contribution is 2.16.